The lowest BCUT2D eigenvalue weighted by atomic mass is 10.4. The van der Waals surface area contributed by atoms with Gasteiger partial charge in [0, 0.05) is 6.07 Å². The molecule has 0 saturated heterocycles. The van der Waals surface area contributed by atoms with Crippen molar-refractivity contribution >= 4 is 43.1 Å². The van der Waals surface area contributed by atoms with E-state index in [1.54, 1.807) is 24.3 Å². The molecule has 3 aromatic rings. The zero-order valence-electron chi connectivity index (χ0n) is 11.3. The first-order valence-corrected chi connectivity index (χ1v) is 9.18. The van der Waals surface area contributed by atoms with E-state index in [0.29, 0.717) is 11.6 Å². The van der Waals surface area contributed by atoms with E-state index in [1.165, 1.54) is 16.9 Å². The van der Waals surface area contributed by atoms with Crippen LogP contribution >= 0.6 is 27.3 Å². The minimum Gasteiger partial charge on any atom is -0.263 e. The van der Waals surface area contributed by atoms with Crippen molar-refractivity contribution in [1.29, 1.82) is 0 Å². The molecule has 0 saturated carbocycles. The summed E-state index contributed by atoms with van der Waals surface area (Å²) in [4.78, 5) is 0. The summed E-state index contributed by atoms with van der Waals surface area (Å²) >= 11 is 4.38. The number of halogens is 1. The fourth-order valence-electron chi connectivity index (χ4n) is 1.70. The van der Waals surface area contributed by atoms with Gasteiger partial charge in [0.1, 0.15) is 10.0 Å². The number of aryl methyl sites for hydroxylation is 1. The summed E-state index contributed by atoms with van der Waals surface area (Å²) in [6, 6.07) is 8.26. The van der Waals surface area contributed by atoms with Gasteiger partial charge in [0.2, 0.25) is 0 Å². The van der Waals surface area contributed by atoms with E-state index in [-0.39, 0.29) is 4.21 Å². The first kappa shape index (κ1) is 15.1. The standard InChI is InChI=1S/C12H10BrN5O2S2/c1-8-2-4-10(16-15-8)18-11(6-7-14-18)17-22(19,20)12-5-3-9(13)21-12/h2-7,17H,1H3. The van der Waals surface area contributed by atoms with Crippen LogP contribution in [0, 0.1) is 6.92 Å². The summed E-state index contributed by atoms with van der Waals surface area (Å²) in [5.41, 5.74) is 0.765. The molecule has 22 heavy (non-hydrogen) atoms. The van der Waals surface area contributed by atoms with Crippen molar-refractivity contribution in [3.63, 3.8) is 0 Å². The molecular weight excluding hydrogens is 390 g/mol. The van der Waals surface area contributed by atoms with Crippen LogP contribution in [0.15, 0.2) is 44.5 Å². The van der Waals surface area contributed by atoms with Gasteiger partial charge in [-0.3, -0.25) is 4.72 Å². The smallest absolute Gasteiger partial charge is 0.263 e. The second-order valence-corrected chi connectivity index (χ2v) is 8.70. The van der Waals surface area contributed by atoms with E-state index >= 15 is 0 Å². The molecule has 0 aliphatic heterocycles. The van der Waals surface area contributed by atoms with Gasteiger partial charge in [0.05, 0.1) is 15.7 Å². The van der Waals surface area contributed by atoms with Crippen molar-refractivity contribution < 1.29 is 8.42 Å². The van der Waals surface area contributed by atoms with E-state index in [9.17, 15) is 8.42 Å². The predicted octanol–water partition coefficient (Wildman–Crippen LogP) is 2.60. The molecule has 0 amide bonds. The number of rotatable bonds is 4. The van der Waals surface area contributed by atoms with Gasteiger partial charge >= 0.3 is 0 Å². The molecule has 3 rings (SSSR count). The minimum absolute atomic E-state index is 0.210. The molecule has 0 unspecified atom stereocenters. The van der Waals surface area contributed by atoms with Gasteiger partial charge in [-0.2, -0.15) is 14.9 Å². The van der Waals surface area contributed by atoms with Gasteiger partial charge in [-0.25, -0.2) is 8.42 Å². The van der Waals surface area contributed by atoms with Crippen molar-refractivity contribution in [2.45, 2.75) is 11.1 Å². The van der Waals surface area contributed by atoms with Crippen molar-refractivity contribution in [2.75, 3.05) is 4.72 Å². The number of hydrogen-bond donors (Lipinski definition) is 1. The third kappa shape index (κ3) is 3.03. The van der Waals surface area contributed by atoms with E-state index in [4.69, 9.17) is 0 Å². The molecule has 0 aliphatic rings. The molecule has 0 aliphatic carbocycles. The van der Waals surface area contributed by atoms with E-state index in [0.717, 1.165) is 20.8 Å². The Kier molecular flexibility index (Phi) is 3.98. The van der Waals surface area contributed by atoms with Crippen LogP contribution < -0.4 is 4.72 Å². The van der Waals surface area contributed by atoms with Crippen LogP contribution in [0.4, 0.5) is 5.82 Å². The maximum Gasteiger partial charge on any atom is 0.272 e. The number of nitrogens with one attached hydrogen (secondary N) is 1. The van der Waals surface area contributed by atoms with Gasteiger partial charge < -0.3 is 0 Å². The van der Waals surface area contributed by atoms with Crippen LogP contribution in [-0.2, 0) is 10.0 Å². The number of nitrogens with zero attached hydrogens (tertiary/aromatic N) is 4. The molecule has 0 fully saturated rings. The summed E-state index contributed by atoms with van der Waals surface area (Å²) in [6.07, 6.45) is 1.49. The molecule has 0 atom stereocenters. The summed E-state index contributed by atoms with van der Waals surface area (Å²) < 4.78 is 29.5. The first-order chi connectivity index (χ1) is 10.5. The van der Waals surface area contributed by atoms with E-state index < -0.39 is 10.0 Å². The lowest BCUT2D eigenvalue weighted by Crippen LogP contribution is -2.15. The Labute approximate surface area is 139 Å². The van der Waals surface area contributed by atoms with Crippen LogP contribution in [-0.4, -0.2) is 28.4 Å². The molecule has 1 N–H and O–H groups in total. The second kappa shape index (κ2) is 5.78. The topological polar surface area (TPSA) is 89.8 Å². The Morgan fingerprint density at radius 3 is 2.64 bits per heavy atom. The van der Waals surface area contributed by atoms with E-state index in [1.807, 2.05) is 6.92 Å². The Morgan fingerprint density at radius 1 is 1.18 bits per heavy atom. The highest BCUT2D eigenvalue weighted by Crippen LogP contribution is 2.27. The normalized spacial score (nSPS) is 11.5. The summed E-state index contributed by atoms with van der Waals surface area (Å²) in [6.45, 7) is 1.82. The maximum atomic E-state index is 12.4. The summed E-state index contributed by atoms with van der Waals surface area (Å²) in [7, 11) is -3.67. The number of sulfonamides is 1. The lowest BCUT2D eigenvalue weighted by Gasteiger charge is -2.08. The van der Waals surface area contributed by atoms with Gasteiger partial charge in [-0.1, -0.05) is 0 Å². The SMILES string of the molecule is Cc1ccc(-n2nccc2NS(=O)(=O)c2ccc(Br)s2)nn1. The third-order valence-corrected chi connectivity index (χ3v) is 6.17. The maximum absolute atomic E-state index is 12.4. The second-order valence-electron chi connectivity index (χ2n) is 4.33. The average Bonchev–Trinajstić information content (AvgIpc) is 3.09. The Hall–Kier alpha value is -1.78. The van der Waals surface area contributed by atoms with Crippen LogP contribution in [0.1, 0.15) is 5.69 Å². The fraction of sp³-hybridized carbons (Fsp3) is 0.0833. The fourth-order valence-corrected chi connectivity index (χ4v) is 4.75. The first-order valence-electron chi connectivity index (χ1n) is 6.08. The molecule has 0 radical (unpaired) electrons. The molecule has 7 nitrogen and oxygen atoms in total. The highest BCUT2D eigenvalue weighted by molar-refractivity contribution is 9.11. The number of aromatic nitrogens is 4. The highest BCUT2D eigenvalue weighted by atomic mass is 79.9. The minimum atomic E-state index is -3.67. The molecule has 0 bridgehead atoms. The predicted molar refractivity (Wildman–Crippen MR) is 86.7 cm³/mol. The average molecular weight is 400 g/mol. The van der Waals surface area contributed by atoms with Gasteiger partial charge in [0.25, 0.3) is 10.0 Å². The molecule has 3 aromatic heterocycles. The monoisotopic (exact) mass is 399 g/mol. The third-order valence-electron chi connectivity index (χ3n) is 2.70. The number of hydrogen-bond acceptors (Lipinski definition) is 6. The molecule has 114 valence electrons. The van der Waals surface area contributed by atoms with Crippen molar-refractivity contribution in [2.24, 2.45) is 0 Å². The molecular formula is C12H10BrN5O2S2. The molecule has 0 aromatic carbocycles. The molecule has 10 heteroatoms. The zero-order chi connectivity index (χ0) is 15.7. The summed E-state index contributed by atoms with van der Waals surface area (Å²) in [5, 5.41) is 12.0. The van der Waals surface area contributed by atoms with Crippen LogP contribution in [0.3, 0.4) is 0 Å². The highest BCUT2D eigenvalue weighted by Gasteiger charge is 2.19. The van der Waals surface area contributed by atoms with Gasteiger partial charge in [0.15, 0.2) is 5.82 Å². The number of anilines is 1. The van der Waals surface area contributed by atoms with Gasteiger partial charge in [-0.15, -0.1) is 16.4 Å². The Bertz CT molecular complexity index is 902. The van der Waals surface area contributed by atoms with Gasteiger partial charge in [-0.05, 0) is 47.1 Å². The van der Waals surface area contributed by atoms with Crippen LogP contribution in [0.25, 0.3) is 5.82 Å². The summed E-state index contributed by atoms with van der Waals surface area (Å²) in [5.74, 6) is 0.725. The molecule has 0 spiro atoms. The lowest BCUT2D eigenvalue weighted by molar-refractivity contribution is 0.602. The quantitative estimate of drug-likeness (QED) is 0.727. The molecule has 3 heterocycles. The Morgan fingerprint density at radius 2 is 2.00 bits per heavy atom. The van der Waals surface area contributed by atoms with Crippen molar-refractivity contribution in [3.8, 4) is 5.82 Å². The number of thiophene rings is 1. The van der Waals surface area contributed by atoms with Crippen molar-refractivity contribution in [3.05, 3.63) is 46.0 Å². The van der Waals surface area contributed by atoms with Crippen molar-refractivity contribution in [1.82, 2.24) is 20.0 Å². The zero-order valence-corrected chi connectivity index (χ0v) is 14.5. The Balaban J connectivity index is 1.94. The largest absolute Gasteiger partial charge is 0.272 e. The van der Waals surface area contributed by atoms with E-state index in [2.05, 4.69) is 35.9 Å². The van der Waals surface area contributed by atoms with Crippen LogP contribution in [0.2, 0.25) is 0 Å². The van der Waals surface area contributed by atoms with Crippen LogP contribution in [0.5, 0.6) is 0 Å².